The molecule has 0 aliphatic carbocycles. The van der Waals surface area contributed by atoms with Gasteiger partial charge in [-0.25, -0.2) is 8.42 Å². The molecule has 0 bridgehead atoms. The number of hydrogen-bond acceptors (Lipinski definition) is 3. The number of sulfonamides is 1. The molecule has 0 aromatic heterocycles. The smallest absolute Gasteiger partial charge is 0.264 e. The zero-order valence-electron chi connectivity index (χ0n) is 11.8. The van der Waals surface area contributed by atoms with Crippen molar-refractivity contribution in [2.45, 2.75) is 11.8 Å². The number of benzene rings is 2. The fourth-order valence-electron chi connectivity index (χ4n) is 1.87. The summed E-state index contributed by atoms with van der Waals surface area (Å²) in [4.78, 5) is 0.150. The summed E-state index contributed by atoms with van der Waals surface area (Å²) in [5, 5.41) is 8.97. The summed E-state index contributed by atoms with van der Waals surface area (Å²) in [7, 11) is -2.37. The van der Waals surface area contributed by atoms with Crippen molar-refractivity contribution in [2.75, 3.05) is 11.4 Å². The van der Waals surface area contributed by atoms with Crippen molar-refractivity contribution in [3.63, 3.8) is 0 Å². The standard InChI is InChI=1S/C15H12Cl2N2O2S/c1-10-3-6-12(7-4-10)22(20,21)19(2)13-8-5-11(9-18)14(16)15(13)17/h3-8H,1-2H3. The van der Waals surface area contributed by atoms with E-state index in [9.17, 15) is 8.42 Å². The van der Waals surface area contributed by atoms with Crippen LogP contribution in [0.3, 0.4) is 0 Å². The molecule has 2 aromatic rings. The molecule has 4 nitrogen and oxygen atoms in total. The molecule has 0 heterocycles. The van der Waals surface area contributed by atoms with Gasteiger partial charge in [-0.2, -0.15) is 5.26 Å². The minimum Gasteiger partial charge on any atom is -0.268 e. The van der Waals surface area contributed by atoms with E-state index in [1.165, 1.54) is 31.3 Å². The van der Waals surface area contributed by atoms with Gasteiger partial charge in [0.2, 0.25) is 0 Å². The lowest BCUT2D eigenvalue weighted by atomic mass is 10.2. The van der Waals surface area contributed by atoms with Gasteiger partial charge in [0, 0.05) is 7.05 Å². The zero-order valence-corrected chi connectivity index (χ0v) is 14.2. The minimum atomic E-state index is -3.76. The Morgan fingerprint density at radius 3 is 2.18 bits per heavy atom. The van der Waals surface area contributed by atoms with E-state index in [0.29, 0.717) is 0 Å². The summed E-state index contributed by atoms with van der Waals surface area (Å²) in [6, 6.07) is 11.3. The molecule has 0 amide bonds. The predicted molar refractivity (Wildman–Crippen MR) is 87.9 cm³/mol. The summed E-state index contributed by atoms with van der Waals surface area (Å²) < 4.78 is 26.3. The number of aryl methyl sites for hydroxylation is 1. The fourth-order valence-corrected chi connectivity index (χ4v) is 3.62. The third-order valence-corrected chi connectivity index (χ3v) is 5.86. The van der Waals surface area contributed by atoms with Crippen molar-refractivity contribution in [2.24, 2.45) is 0 Å². The van der Waals surface area contributed by atoms with Gasteiger partial charge in [0.1, 0.15) is 6.07 Å². The zero-order chi connectivity index (χ0) is 16.5. The molecule has 0 radical (unpaired) electrons. The van der Waals surface area contributed by atoms with Gasteiger partial charge in [0.15, 0.2) is 0 Å². The first kappa shape index (κ1) is 16.6. The molecule has 2 aromatic carbocycles. The second-order valence-electron chi connectivity index (χ2n) is 4.66. The van der Waals surface area contributed by atoms with Gasteiger partial charge in [0.25, 0.3) is 10.0 Å². The largest absolute Gasteiger partial charge is 0.268 e. The van der Waals surface area contributed by atoms with E-state index in [0.717, 1.165) is 9.87 Å². The number of anilines is 1. The maximum absolute atomic E-state index is 12.6. The van der Waals surface area contributed by atoms with E-state index >= 15 is 0 Å². The molecule has 2 rings (SSSR count). The molecule has 0 saturated carbocycles. The highest BCUT2D eigenvalue weighted by Crippen LogP contribution is 2.36. The highest BCUT2D eigenvalue weighted by Gasteiger charge is 2.24. The lowest BCUT2D eigenvalue weighted by Gasteiger charge is -2.21. The van der Waals surface area contributed by atoms with Crippen LogP contribution >= 0.6 is 23.2 Å². The summed E-state index contributed by atoms with van der Waals surface area (Å²) in [6.07, 6.45) is 0. The van der Waals surface area contributed by atoms with Gasteiger partial charge in [0.05, 0.1) is 26.2 Å². The van der Waals surface area contributed by atoms with Gasteiger partial charge >= 0.3 is 0 Å². The van der Waals surface area contributed by atoms with E-state index in [4.69, 9.17) is 28.5 Å². The monoisotopic (exact) mass is 354 g/mol. The Hall–Kier alpha value is -1.74. The Bertz CT molecular complexity index is 856. The average molecular weight is 355 g/mol. The van der Waals surface area contributed by atoms with E-state index < -0.39 is 10.0 Å². The Labute approximate surface area is 139 Å². The van der Waals surface area contributed by atoms with E-state index in [1.54, 1.807) is 12.1 Å². The first-order valence-corrected chi connectivity index (χ1v) is 8.42. The maximum atomic E-state index is 12.6. The molecule has 0 N–H and O–H groups in total. The quantitative estimate of drug-likeness (QED) is 0.836. The molecule has 22 heavy (non-hydrogen) atoms. The Morgan fingerprint density at radius 2 is 1.64 bits per heavy atom. The molecule has 0 atom stereocenters. The van der Waals surface area contributed by atoms with Crippen LogP contribution in [0.1, 0.15) is 11.1 Å². The summed E-state index contributed by atoms with van der Waals surface area (Å²) in [6.45, 7) is 1.87. The molecule has 7 heteroatoms. The van der Waals surface area contributed by atoms with E-state index in [2.05, 4.69) is 0 Å². The lowest BCUT2D eigenvalue weighted by molar-refractivity contribution is 0.594. The van der Waals surface area contributed by atoms with E-state index in [1.807, 2.05) is 13.0 Å². The molecule has 0 fully saturated rings. The third kappa shape index (κ3) is 2.91. The van der Waals surface area contributed by atoms with Gasteiger partial charge < -0.3 is 0 Å². The van der Waals surface area contributed by atoms with Crippen molar-refractivity contribution in [3.8, 4) is 6.07 Å². The van der Waals surface area contributed by atoms with Crippen LogP contribution in [-0.2, 0) is 10.0 Å². The van der Waals surface area contributed by atoms with Gasteiger partial charge in [-0.15, -0.1) is 0 Å². The molecule has 0 aliphatic rings. The summed E-state index contributed by atoms with van der Waals surface area (Å²) in [5.74, 6) is 0. The fraction of sp³-hybridized carbons (Fsp3) is 0.133. The topological polar surface area (TPSA) is 61.2 Å². The second kappa shape index (κ2) is 6.17. The first-order chi connectivity index (χ1) is 10.3. The van der Waals surface area contributed by atoms with Crippen LogP contribution in [0.4, 0.5) is 5.69 Å². The minimum absolute atomic E-state index is 0.0268. The predicted octanol–water partition coefficient (Wildman–Crippen LogP) is 4.00. The van der Waals surface area contributed by atoms with Crippen molar-refractivity contribution in [1.82, 2.24) is 0 Å². The Morgan fingerprint density at radius 1 is 1.05 bits per heavy atom. The molecule has 0 spiro atoms. The highest BCUT2D eigenvalue weighted by molar-refractivity contribution is 7.92. The third-order valence-electron chi connectivity index (χ3n) is 3.20. The van der Waals surface area contributed by atoms with Crippen molar-refractivity contribution in [1.29, 1.82) is 5.26 Å². The first-order valence-electron chi connectivity index (χ1n) is 6.22. The summed E-state index contributed by atoms with van der Waals surface area (Å²) in [5.41, 5.74) is 1.36. The van der Waals surface area contributed by atoms with Crippen molar-refractivity contribution >= 4 is 38.9 Å². The Kier molecular flexibility index (Phi) is 4.66. The lowest BCUT2D eigenvalue weighted by Crippen LogP contribution is -2.26. The van der Waals surface area contributed by atoms with Crippen LogP contribution in [0, 0.1) is 18.3 Å². The molecular formula is C15H12Cl2N2O2S. The number of rotatable bonds is 3. The second-order valence-corrected chi connectivity index (χ2v) is 7.38. The van der Waals surface area contributed by atoms with Crippen LogP contribution in [0.5, 0.6) is 0 Å². The normalized spacial score (nSPS) is 11.0. The van der Waals surface area contributed by atoms with Crippen LogP contribution in [0.15, 0.2) is 41.3 Å². The Balaban J connectivity index is 2.52. The molecular weight excluding hydrogens is 343 g/mol. The number of nitrogens with zero attached hydrogens (tertiary/aromatic N) is 2. The highest BCUT2D eigenvalue weighted by atomic mass is 35.5. The molecule has 0 unspecified atom stereocenters. The van der Waals surface area contributed by atoms with Gasteiger partial charge in [-0.1, -0.05) is 40.9 Å². The van der Waals surface area contributed by atoms with Crippen LogP contribution in [0.25, 0.3) is 0 Å². The van der Waals surface area contributed by atoms with Crippen LogP contribution in [0.2, 0.25) is 10.0 Å². The number of hydrogen-bond donors (Lipinski definition) is 0. The van der Waals surface area contributed by atoms with E-state index in [-0.39, 0.29) is 26.2 Å². The average Bonchev–Trinajstić information content (AvgIpc) is 2.49. The van der Waals surface area contributed by atoms with Crippen LogP contribution in [-0.4, -0.2) is 15.5 Å². The molecule has 0 aliphatic heterocycles. The molecule has 0 saturated heterocycles. The van der Waals surface area contributed by atoms with Crippen molar-refractivity contribution in [3.05, 3.63) is 57.6 Å². The maximum Gasteiger partial charge on any atom is 0.264 e. The van der Waals surface area contributed by atoms with Gasteiger partial charge in [-0.05, 0) is 31.2 Å². The van der Waals surface area contributed by atoms with Crippen molar-refractivity contribution < 1.29 is 8.42 Å². The molecule has 114 valence electrons. The summed E-state index contributed by atoms with van der Waals surface area (Å²) >= 11 is 12.1. The number of nitriles is 1. The SMILES string of the molecule is Cc1ccc(S(=O)(=O)N(C)c2ccc(C#N)c(Cl)c2Cl)cc1. The van der Waals surface area contributed by atoms with Crippen LogP contribution < -0.4 is 4.31 Å². The van der Waals surface area contributed by atoms with Gasteiger partial charge in [-0.3, -0.25) is 4.31 Å². The number of halogens is 2.